The molecule has 12 nitrogen and oxygen atoms in total. The molecular formula is C34H39N5O7S2. The first-order valence-electron chi connectivity index (χ1n) is 14.6. The van der Waals surface area contributed by atoms with Crippen LogP contribution in [0.5, 0.6) is 0 Å². The molecule has 0 aliphatic carbocycles. The number of nitrogens with two attached hydrogens (primary N) is 4. The summed E-state index contributed by atoms with van der Waals surface area (Å²) in [6, 6.07) is 23.9. The maximum Gasteiger partial charge on any atom is 0.338 e. The fourth-order valence-electron chi connectivity index (χ4n) is 4.96. The lowest BCUT2D eigenvalue weighted by atomic mass is 9.92. The number of nitrogens with zero attached hydrogens (tertiary/aromatic N) is 1. The third-order valence-corrected chi connectivity index (χ3v) is 9.10. The fraction of sp³-hybridized carbons (Fsp3) is 0.206. The highest BCUT2D eigenvalue weighted by Gasteiger charge is 2.25. The highest BCUT2D eigenvalue weighted by Crippen LogP contribution is 2.34. The number of hydrogen-bond acceptors (Lipinski definition) is 7. The van der Waals surface area contributed by atoms with Crippen molar-refractivity contribution in [3.63, 3.8) is 0 Å². The Morgan fingerprint density at radius 2 is 1.02 bits per heavy atom. The van der Waals surface area contributed by atoms with Crippen molar-refractivity contribution in [1.82, 2.24) is 0 Å². The molecule has 254 valence electrons. The van der Waals surface area contributed by atoms with Gasteiger partial charge in [-0.1, -0.05) is 88.4 Å². The topological polar surface area (TPSA) is 228 Å². The third kappa shape index (κ3) is 9.13. The quantitative estimate of drug-likeness (QED) is 0.116. The molecule has 0 aliphatic heterocycles. The van der Waals surface area contributed by atoms with Crippen molar-refractivity contribution in [3.8, 4) is 22.3 Å². The van der Waals surface area contributed by atoms with Crippen LogP contribution in [0.15, 0.2) is 99.7 Å². The van der Waals surface area contributed by atoms with Gasteiger partial charge in [0.1, 0.15) is 0 Å². The van der Waals surface area contributed by atoms with Crippen LogP contribution in [-0.2, 0) is 24.8 Å². The van der Waals surface area contributed by atoms with E-state index in [1.807, 2.05) is 52.0 Å². The van der Waals surface area contributed by atoms with Crippen molar-refractivity contribution >= 4 is 37.9 Å². The lowest BCUT2D eigenvalue weighted by molar-refractivity contribution is 0.0598. The van der Waals surface area contributed by atoms with E-state index in [9.17, 15) is 26.4 Å². The SMILES string of the molecule is CC(C)c1cc(-c2ccccc2)c(S(N)(=O)=O)cc1C(=O)N=C(N)N.COC(=O)c1cc(S(N)(=O)=O)c(-c2ccccc2)cc1C(C)C. The minimum Gasteiger partial charge on any atom is -0.465 e. The van der Waals surface area contributed by atoms with Crippen molar-refractivity contribution in [1.29, 1.82) is 0 Å². The van der Waals surface area contributed by atoms with Gasteiger partial charge >= 0.3 is 5.97 Å². The van der Waals surface area contributed by atoms with Crippen LogP contribution in [-0.4, -0.2) is 41.8 Å². The Hall–Kier alpha value is -4.89. The first-order chi connectivity index (χ1) is 22.4. The van der Waals surface area contributed by atoms with Crippen molar-refractivity contribution in [2.75, 3.05) is 7.11 Å². The van der Waals surface area contributed by atoms with Crippen LogP contribution in [0.25, 0.3) is 22.3 Å². The zero-order chi connectivity index (χ0) is 36.0. The molecule has 0 spiro atoms. The fourth-order valence-corrected chi connectivity index (χ4v) is 6.49. The van der Waals surface area contributed by atoms with Gasteiger partial charge in [-0.25, -0.2) is 31.9 Å². The van der Waals surface area contributed by atoms with E-state index in [0.717, 1.165) is 5.56 Å². The Morgan fingerprint density at radius 1 is 0.646 bits per heavy atom. The highest BCUT2D eigenvalue weighted by molar-refractivity contribution is 7.89. The molecule has 48 heavy (non-hydrogen) atoms. The number of benzene rings is 4. The number of rotatable bonds is 8. The van der Waals surface area contributed by atoms with E-state index in [1.165, 1.54) is 19.2 Å². The van der Waals surface area contributed by atoms with Gasteiger partial charge in [0.15, 0.2) is 5.96 Å². The van der Waals surface area contributed by atoms with Gasteiger partial charge in [0, 0.05) is 16.7 Å². The molecule has 0 bridgehead atoms. The summed E-state index contributed by atoms with van der Waals surface area (Å²) in [4.78, 5) is 27.6. The molecule has 14 heteroatoms. The minimum atomic E-state index is -4.07. The number of esters is 1. The number of hydrogen-bond donors (Lipinski definition) is 4. The molecule has 0 fully saturated rings. The number of aliphatic imine (C=N–C) groups is 1. The van der Waals surface area contributed by atoms with Crippen LogP contribution in [0, 0.1) is 0 Å². The van der Waals surface area contributed by atoms with Crippen molar-refractivity contribution < 1.29 is 31.2 Å². The minimum absolute atomic E-state index is 0.0149. The van der Waals surface area contributed by atoms with E-state index in [4.69, 9.17) is 26.5 Å². The van der Waals surface area contributed by atoms with E-state index in [0.29, 0.717) is 27.8 Å². The number of ether oxygens (including phenoxy) is 1. The largest absolute Gasteiger partial charge is 0.465 e. The van der Waals surface area contributed by atoms with E-state index >= 15 is 0 Å². The summed E-state index contributed by atoms with van der Waals surface area (Å²) in [6.45, 7) is 7.61. The molecule has 0 unspecified atom stereocenters. The number of carbonyl (C=O) groups excluding carboxylic acids is 2. The molecule has 0 heterocycles. The molecule has 4 aromatic carbocycles. The van der Waals surface area contributed by atoms with E-state index < -0.39 is 37.9 Å². The Balaban J connectivity index is 0.000000261. The zero-order valence-corrected chi connectivity index (χ0v) is 28.8. The lowest BCUT2D eigenvalue weighted by Gasteiger charge is -2.17. The van der Waals surface area contributed by atoms with Crippen molar-refractivity contribution in [2.24, 2.45) is 26.7 Å². The number of sulfonamides is 2. The summed E-state index contributed by atoms with van der Waals surface area (Å²) < 4.78 is 52.9. The van der Waals surface area contributed by atoms with Crippen LogP contribution < -0.4 is 21.7 Å². The Bertz CT molecular complexity index is 2060. The molecule has 4 aromatic rings. The van der Waals surface area contributed by atoms with Gasteiger partial charge in [-0.15, -0.1) is 0 Å². The third-order valence-electron chi connectivity index (χ3n) is 7.20. The Kier molecular flexibility index (Phi) is 12.0. The maximum absolute atomic E-state index is 12.3. The van der Waals surface area contributed by atoms with Gasteiger partial charge in [-0.05, 0) is 58.4 Å². The van der Waals surface area contributed by atoms with Gasteiger partial charge in [-0.2, -0.15) is 4.99 Å². The molecule has 4 rings (SSSR count). The zero-order valence-electron chi connectivity index (χ0n) is 27.2. The van der Waals surface area contributed by atoms with Crippen LogP contribution in [0.4, 0.5) is 0 Å². The summed E-state index contributed by atoms with van der Waals surface area (Å²) in [5.74, 6) is -1.75. The van der Waals surface area contributed by atoms with E-state index in [2.05, 4.69) is 4.99 Å². The monoisotopic (exact) mass is 693 g/mol. The van der Waals surface area contributed by atoms with Gasteiger partial charge in [0.05, 0.1) is 22.5 Å². The predicted molar refractivity (Wildman–Crippen MR) is 186 cm³/mol. The first-order valence-corrected chi connectivity index (χ1v) is 17.7. The second-order valence-electron chi connectivity index (χ2n) is 11.3. The number of carbonyl (C=O) groups is 2. The predicted octanol–water partition coefficient (Wildman–Crippen LogP) is 4.45. The normalized spacial score (nSPS) is 11.4. The summed E-state index contributed by atoms with van der Waals surface area (Å²) in [7, 11) is -6.81. The summed E-state index contributed by atoms with van der Waals surface area (Å²) in [5.41, 5.74) is 14.5. The maximum atomic E-state index is 12.3. The van der Waals surface area contributed by atoms with Gasteiger partial charge < -0.3 is 16.2 Å². The second-order valence-corrected chi connectivity index (χ2v) is 14.4. The molecule has 0 saturated carbocycles. The molecule has 0 aliphatic rings. The standard InChI is InChI=1S/C17H20N4O3S.C17H19NO4S/c1-10(2)12-8-13(11-6-4-3-5-7-11)15(25(20,23)24)9-14(12)16(22)21-17(18)19;1-11(2)13-9-14(12-7-5-4-6-8-12)16(23(18,20)21)10-15(13)17(19)22-3/h3-10H,1-2H3,(H2,20,23,24)(H4,18,19,21,22);4-11H,1-3H3,(H2,18,20,21). The molecule has 8 N–H and O–H groups in total. The second kappa shape index (κ2) is 15.3. The van der Waals surface area contributed by atoms with Crippen LogP contribution in [0.1, 0.15) is 71.4 Å². The number of amides is 1. The lowest BCUT2D eigenvalue weighted by Crippen LogP contribution is -2.24. The van der Waals surface area contributed by atoms with Crippen LogP contribution >= 0.6 is 0 Å². The molecule has 0 radical (unpaired) electrons. The van der Waals surface area contributed by atoms with E-state index in [1.54, 1.807) is 48.5 Å². The van der Waals surface area contributed by atoms with Crippen molar-refractivity contribution in [2.45, 2.75) is 49.3 Å². The molecule has 0 aromatic heterocycles. The smallest absolute Gasteiger partial charge is 0.338 e. The Morgan fingerprint density at radius 3 is 1.35 bits per heavy atom. The van der Waals surface area contributed by atoms with E-state index in [-0.39, 0.29) is 32.8 Å². The van der Waals surface area contributed by atoms with Gasteiger partial charge in [-0.3, -0.25) is 4.79 Å². The van der Waals surface area contributed by atoms with Crippen LogP contribution in [0.3, 0.4) is 0 Å². The highest BCUT2D eigenvalue weighted by atomic mass is 32.2. The Labute approximate surface area is 280 Å². The molecular weight excluding hydrogens is 655 g/mol. The first kappa shape index (κ1) is 37.6. The number of primary sulfonamides is 2. The van der Waals surface area contributed by atoms with Crippen LogP contribution in [0.2, 0.25) is 0 Å². The summed E-state index contributed by atoms with van der Waals surface area (Å²) in [5, 5.41) is 10.7. The van der Waals surface area contributed by atoms with Gasteiger partial charge in [0.25, 0.3) is 5.91 Å². The number of guanidine groups is 1. The average molecular weight is 694 g/mol. The van der Waals surface area contributed by atoms with Gasteiger partial charge in [0.2, 0.25) is 20.0 Å². The molecule has 0 atom stereocenters. The summed E-state index contributed by atoms with van der Waals surface area (Å²) >= 11 is 0. The number of methoxy groups -OCH3 is 1. The summed E-state index contributed by atoms with van der Waals surface area (Å²) in [6.07, 6.45) is 0. The van der Waals surface area contributed by atoms with Crippen molar-refractivity contribution in [3.05, 3.63) is 107 Å². The average Bonchev–Trinajstić information content (AvgIpc) is 3.03. The molecule has 1 amide bonds. The molecule has 0 saturated heterocycles.